The first-order valence-electron chi connectivity index (χ1n) is 4.84. The van der Waals surface area contributed by atoms with Crippen LogP contribution in [-0.2, 0) is 13.0 Å². The zero-order chi connectivity index (χ0) is 10.3. The van der Waals surface area contributed by atoms with E-state index >= 15 is 0 Å². The average Bonchev–Trinajstić information content (AvgIpc) is 2.07. The van der Waals surface area contributed by atoms with E-state index in [1.54, 1.807) is 12.1 Å². The van der Waals surface area contributed by atoms with E-state index in [0.29, 0.717) is 0 Å². The van der Waals surface area contributed by atoms with Crippen molar-refractivity contribution in [1.82, 2.24) is 0 Å². The standard InChI is InChI=1S/C11H15NO2.HI/c1-12(2)4-3-8-5-10(13)11(14)6-9(8)7-12;/h5-6H,3-4,7H2,1-2H3,(H-,13,14);1H. The molecule has 0 unspecified atom stereocenters. The van der Waals surface area contributed by atoms with Crippen molar-refractivity contribution in [2.24, 2.45) is 0 Å². The molecular formula is C11H16INO2. The van der Waals surface area contributed by atoms with Crippen LogP contribution in [0.3, 0.4) is 0 Å². The molecule has 1 aliphatic heterocycles. The van der Waals surface area contributed by atoms with Crippen LogP contribution in [0.1, 0.15) is 11.1 Å². The Labute approximate surface area is 107 Å². The summed E-state index contributed by atoms with van der Waals surface area (Å²) >= 11 is 0. The summed E-state index contributed by atoms with van der Waals surface area (Å²) < 4.78 is 0.942. The van der Waals surface area contributed by atoms with E-state index in [1.807, 2.05) is 0 Å². The second kappa shape index (κ2) is 4.17. The Kier molecular flexibility index (Phi) is 3.50. The van der Waals surface area contributed by atoms with Gasteiger partial charge in [-0.05, 0) is 17.7 Å². The molecule has 4 heteroatoms. The molecule has 1 aromatic carbocycles. The van der Waals surface area contributed by atoms with Crippen molar-refractivity contribution >= 4 is 0 Å². The van der Waals surface area contributed by atoms with E-state index in [1.165, 1.54) is 0 Å². The molecule has 2 rings (SSSR count). The zero-order valence-corrected chi connectivity index (χ0v) is 11.2. The first-order valence-corrected chi connectivity index (χ1v) is 4.84. The Hall–Kier alpha value is -0.490. The fourth-order valence-electron chi connectivity index (χ4n) is 2.01. The highest BCUT2D eigenvalue weighted by Gasteiger charge is 2.25. The summed E-state index contributed by atoms with van der Waals surface area (Å²) in [6.07, 6.45) is 0.968. The number of fused-ring (bicyclic) bond motifs is 1. The van der Waals surface area contributed by atoms with E-state index in [2.05, 4.69) is 14.1 Å². The topological polar surface area (TPSA) is 40.5 Å². The molecule has 2 N–H and O–H groups in total. The highest BCUT2D eigenvalue weighted by molar-refractivity contribution is 5.45. The molecule has 0 fully saturated rings. The molecule has 1 aliphatic rings. The summed E-state index contributed by atoms with van der Waals surface area (Å²) in [5.41, 5.74) is 2.31. The molecule has 0 aromatic heterocycles. The van der Waals surface area contributed by atoms with E-state index in [-0.39, 0.29) is 35.5 Å². The van der Waals surface area contributed by atoms with Crippen molar-refractivity contribution < 1.29 is 38.7 Å². The Balaban J connectivity index is 0.00000112. The molecular weight excluding hydrogens is 305 g/mol. The number of rotatable bonds is 0. The molecule has 0 atom stereocenters. The fourth-order valence-corrected chi connectivity index (χ4v) is 2.01. The van der Waals surface area contributed by atoms with E-state index < -0.39 is 0 Å². The normalized spacial score (nSPS) is 17.7. The lowest BCUT2D eigenvalue weighted by molar-refractivity contribution is -0.905. The van der Waals surface area contributed by atoms with Crippen molar-refractivity contribution in [3.05, 3.63) is 23.3 Å². The van der Waals surface area contributed by atoms with Gasteiger partial charge in [0, 0.05) is 12.0 Å². The van der Waals surface area contributed by atoms with Gasteiger partial charge >= 0.3 is 0 Å². The molecule has 0 spiro atoms. The maximum Gasteiger partial charge on any atom is 0.157 e. The number of phenols is 2. The first kappa shape index (κ1) is 12.6. The van der Waals surface area contributed by atoms with Gasteiger partial charge in [-0.2, -0.15) is 0 Å². The van der Waals surface area contributed by atoms with Crippen molar-refractivity contribution in [2.75, 3.05) is 20.6 Å². The lowest BCUT2D eigenvalue weighted by atomic mass is 9.98. The highest BCUT2D eigenvalue weighted by atomic mass is 127. The number of hydrogen-bond acceptors (Lipinski definition) is 2. The third-order valence-corrected chi connectivity index (χ3v) is 2.88. The quantitative estimate of drug-likeness (QED) is 0.338. The summed E-state index contributed by atoms with van der Waals surface area (Å²) in [5, 5.41) is 18.7. The Morgan fingerprint density at radius 1 is 1.07 bits per heavy atom. The second-order valence-electron chi connectivity index (χ2n) is 4.68. The predicted molar refractivity (Wildman–Crippen MR) is 54.2 cm³/mol. The lowest BCUT2D eigenvalue weighted by Gasteiger charge is -2.34. The molecule has 0 amide bonds. The largest absolute Gasteiger partial charge is 1.00 e. The maximum absolute atomic E-state index is 9.39. The molecule has 0 radical (unpaired) electrons. The van der Waals surface area contributed by atoms with Crippen LogP contribution >= 0.6 is 0 Å². The summed E-state index contributed by atoms with van der Waals surface area (Å²) in [7, 11) is 4.35. The molecule has 0 saturated carbocycles. The molecule has 0 aliphatic carbocycles. The average molecular weight is 321 g/mol. The van der Waals surface area contributed by atoms with Crippen LogP contribution in [0.15, 0.2) is 12.1 Å². The number of phenolic OH excluding ortho intramolecular Hbond substituents is 2. The van der Waals surface area contributed by atoms with Crippen LogP contribution in [0.4, 0.5) is 0 Å². The number of quaternary nitrogens is 1. The van der Waals surface area contributed by atoms with Gasteiger partial charge in [0.05, 0.1) is 20.6 Å². The Bertz CT molecular complexity index is 377. The summed E-state index contributed by atoms with van der Waals surface area (Å²) in [4.78, 5) is 0. The van der Waals surface area contributed by atoms with Crippen LogP contribution in [-0.4, -0.2) is 35.3 Å². The Morgan fingerprint density at radius 2 is 1.60 bits per heavy atom. The number of likely N-dealkylation sites (N-methyl/N-ethyl adjacent to an activating group) is 1. The van der Waals surface area contributed by atoms with Gasteiger partial charge in [-0.15, -0.1) is 0 Å². The van der Waals surface area contributed by atoms with Gasteiger partial charge in [0.1, 0.15) is 6.54 Å². The minimum Gasteiger partial charge on any atom is -1.00 e. The van der Waals surface area contributed by atoms with Gasteiger partial charge < -0.3 is 38.7 Å². The van der Waals surface area contributed by atoms with Crippen LogP contribution in [0.25, 0.3) is 0 Å². The third kappa shape index (κ3) is 2.55. The van der Waals surface area contributed by atoms with E-state index in [9.17, 15) is 10.2 Å². The summed E-state index contributed by atoms with van der Waals surface area (Å²) in [6.45, 7) is 2.00. The number of hydrogen-bond donors (Lipinski definition) is 2. The summed E-state index contributed by atoms with van der Waals surface area (Å²) in [6, 6.07) is 3.37. The van der Waals surface area contributed by atoms with Gasteiger partial charge in [-0.3, -0.25) is 0 Å². The molecule has 1 heterocycles. The molecule has 84 valence electrons. The molecule has 0 saturated heterocycles. The first-order chi connectivity index (χ1) is 6.48. The second-order valence-corrected chi connectivity index (χ2v) is 4.68. The minimum absolute atomic E-state index is 0. The van der Waals surface area contributed by atoms with Gasteiger partial charge in [-0.25, -0.2) is 0 Å². The fraction of sp³-hybridized carbons (Fsp3) is 0.455. The monoisotopic (exact) mass is 321 g/mol. The zero-order valence-electron chi connectivity index (χ0n) is 9.00. The van der Waals surface area contributed by atoms with Crippen molar-refractivity contribution in [2.45, 2.75) is 13.0 Å². The van der Waals surface area contributed by atoms with Crippen LogP contribution in [0.2, 0.25) is 0 Å². The van der Waals surface area contributed by atoms with Gasteiger partial charge in [0.2, 0.25) is 0 Å². The predicted octanol–water partition coefficient (Wildman–Crippen LogP) is -1.77. The molecule has 1 aromatic rings. The van der Waals surface area contributed by atoms with Crippen LogP contribution in [0, 0.1) is 0 Å². The van der Waals surface area contributed by atoms with Gasteiger partial charge in [0.15, 0.2) is 11.5 Å². The molecule has 3 nitrogen and oxygen atoms in total. The number of benzene rings is 1. The van der Waals surface area contributed by atoms with E-state index in [4.69, 9.17) is 0 Å². The van der Waals surface area contributed by atoms with Crippen molar-refractivity contribution in [3.63, 3.8) is 0 Å². The molecule has 15 heavy (non-hydrogen) atoms. The van der Waals surface area contributed by atoms with E-state index in [0.717, 1.165) is 35.1 Å². The smallest absolute Gasteiger partial charge is 0.157 e. The molecule has 0 bridgehead atoms. The number of nitrogens with zero attached hydrogens (tertiary/aromatic N) is 1. The van der Waals surface area contributed by atoms with Crippen molar-refractivity contribution in [1.29, 1.82) is 0 Å². The number of halogens is 1. The minimum atomic E-state index is -0.00866. The summed E-state index contributed by atoms with van der Waals surface area (Å²) in [5.74, 6) is -0.0124. The van der Waals surface area contributed by atoms with Crippen LogP contribution in [0.5, 0.6) is 11.5 Å². The van der Waals surface area contributed by atoms with Crippen LogP contribution < -0.4 is 24.0 Å². The Morgan fingerprint density at radius 3 is 2.20 bits per heavy atom. The maximum atomic E-state index is 9.39. The third-order valence-electron chi connectivity index (χ3n) is 2.88. The lowest BCUT2D eigenvalue weighted by Crippen LogP contribution is -3.00. The van der Waals surface area contributed by atoms with Gasteiger partial charge in [-0.1, -0.05) is 0 Å². The van der Waals surface area contributed by atoms with Crippen molar-refractivity contribution in [3.8, 4) is 11.5 Å². The highest BCUT2D eigenvalue weighted by Crippen LogP contribution is 2.32. The number of aromatic hydroxyl groups is 2. The van der Waals surface area contributed by atoms with Gasteiger partial charge in [0.25, 0.3) is 0 Å². The SMILES string of the molecule is C[N+]1(C)CCc2cc(O)c(O)cc2C1.[I-].